The molecule has 3 heterocycles. The largest absolute Gasteiger partial charge is 0.465 e. The molecule has 1 amide bonds. The monoisotopic (exact) mass is 364 g/mol. The summed E-state index contributed by atoms with van der Waals surface area (Å²) in [4.78, 5) is 25.5. The third-order valence-corrected chi connectivity index (χ3v) is 4.27. The van der Waals surface area contributed by atoms with Crippen molar-refractivity contribution < 1.29 is 14.4 Å². The zero-order valence-corrected chi connectivity index (χ0v) is 14.2. The first kappa shape index (κ1) is 16.7. The Hall–Kier alpha value is -3.75. The third kappa shape index (κ3) is 3.34. The highest BCUT2D eigenvalue weighted by atomic mass is 16.5. The van der Waals surface area contributed by atoms with Crippen LogP contribution in [-0.4, -0.2) is 49.3 Å². The van der Waals surface area contributed by atoms with Crippen LogP contribution in [0, 0.1) is 0 Å². The van der Waals surface area contributed by atoms with Crippen LogP contribution >= 0.6 is 0 Å². The van der Waals surface area contributed by atoms with E-state index in [0.717, 1.165) is 11.1 Å². The molecular formula is C18H16N6O3. The lowest BCUT2D eigenvalue weighted by Gasteiger charge is -2.23. The van der Waals surface area contributed by atoms with E-state index in [1.165, 1.54) is 4.90 Å². The highest BCUT2D eigenvalue weighted by Gasteiger charge is 2.20. The van der Waals surface area contributed by atoms with E-state index >= 15 is 0 Å². The zero-order valence-electron chi connectivity index (χ0n) is 14.2. The first-order valence-corrected chi connectivity index (χ1v) is 8.31. The fourth-order valence-electron chi connectivity index (χ4n) is 2.81. The second-order valence-corrected chi connectivity index (χ2v) is 5.99. The van der Waals surface area contributed by atoms with Crippen LogP contribution in [0.1, 0.15) is 12.1 Å². The van der Waals surface area contributed by atoms with Crippen LogP contribution in [0.3, 0.4) is 0 Å². The molecule has 0 spiro atoms. The maximum Gasteiger partial charge on any atom is 0.407 e. The first-order valence-electron chi connectivity index (χ1n) is 8.31. The smallest absolute Gasteiger partial charge is 0.407 e. The van der Waals surface area contributed by atoms with Gasteiger partial charge in [-0.25, -0.2) is 14.8 Å². The maximum atomic E-state index is 11.0. The number of nitrogens with zero attached hydrogens (tertiary/aromatic N) is 5. The molecule has 0 fully saturated rings. The standard InChI is InChI=1S/C18H16N6O3/c19-15-14(16-22-17(27-23-16)12-4-2-1-3-5-12)21-13(10-20-15)11-6-8-24(9-7-11)18(25)26/h1-6,10H,7-9H2,(H2,19,20)(H,25,26). The van der Waals surface area contributed by atoms with Crippen LogP contribution in [-0.2, 0) is 0 Å². The predicted octanol–water partition coefficient (Wildman–Crippen LogP) is 2.54. The van der Waals surface area contributed by atoms with Gasteiger partial charge in [-0.2, -0.15) is 4.98 Å². The summed E-state index contributed by atoms with van der Waals surface area (Å²) < 4.78 is 5.31. The minimum Gasteiger partial charge on any atom is -0.465 e. The average Bonchev–Trinajstić information content (AvgIpc) is 3.19. The van der Waals surface area contributed by atoms with E-state index in [1.807, 2.05) is 36.4 Å². The number of hydrogen-bond acceptors (Lipinski definition) is 7. The van der Waals surface area contributed by atoms with Gasteiger partial charge in [-0.1, -0.05) is 29.4 Å². The van der Waals surface area contributed by atoms with E-state index in [9.17, 15) is 4.79 Å². The number of rotatable bonds is 3. The molecule has 9 heteroatoms. The lowest BCUT2D eigenvalue weighted by Crippen LogP contribution is -2.33. The molecule has 3 aromatic rings. The number of amides is 1. The van der Waals surface area contributed by atoms with Crippen molar-refractivity contribution in [1.82, 2.24) is 25.0 Å². The summed E-state index contributed by atoms with van der Waals surface area (Å²) in [5, 5.41) is 13.0. The fraction of sp³-hybridized carbons (Fsp3) is 0.167. The summed E-state index contributed by atoms with van der Waals surface area (Å²) >= 11 is 0. The second kappa shape index (κ2) is 6.87. The molecule has 1 aliphatic rings. The molecule has 3 N–H and O–H groups in total. The third-order valence-electron chi connectivity index (χ3n) is 4.27. The minimum absolute atomic E-state index is 0.197. The molecule has 4 rings (SSSR count). The van der Waals surface area contributed by atoms with Crippen molar-refractivity contribution >= 4 is 17.5 Å². The first-order chi connectivity index (χ1) is 13.1. The summed E-state index contributed by atoms with van der Waals surface area (Å²) in [7, 11) is 0. The topological polar surface area (TPSA) is 131 Å². The van der Waals surface area contributed by atoms with E-state index in [2.05, 4.69) is 20.1 Å². The Kier molecular flexibility index (Phi) is 4.25. The van der Waals surface area contributed by atoms with Crippen molar-refractivity contribution in [3.63, 3.8) is 0 Å². The Labute approximate surface area is 154 Å². The van der Waals surface area contributed by atoms with Gasteiger partial charge in [0.05, 0.1) is 11.9 Å². The quantitative estimate of drug-likeness (QED) is 0.725. The minimum atomic E-state index is -0.936. The Balaban J connectivity index is 1.64. The van der Waals surface area contributed by atoms with Crippen molar-refractivity contribution in [2.45, 2.75) is 6.42 Å². The van der Waals surface area contributed by atoms with Gasteiger partial charge in [-0.3, -0.25) is 0 Å². The fourth-order valence-corrected chi connectivity index (χ4v) is 2.81. The van der Waals surface area contributed by atoms with E-state index in [0.29, 0.717) is 36.8 Å². The second-order valence-electron chi connectivity index (χ2n) is 5.99. The van der Waals surface area contributed by atoms with Gasteiger partial charge >= 0.3 is 6.09 Å². The number of carboxylic acid groups (broad SMARTS) is 1. The molecule has 136 valence electrons. The molecule has 1 aromatic carbocycles. The number of anilines is 1. The molecule has 0 atom stereocenters. The molecule has 0 saturated heterocycles. The van der Waals surface area contributed by atoms with Crippen molar-refractivity contribution in [3.05, 3.63) is 48.3 Å². The van der Waals surface area contributed by atoms with E-state index in [4.69, 9.17) is 15.4 Å². The van der Waals surface area contributed by atoms with E-state index in [-0.39, 0.29) is 11.6 Å². The van der Waals surface area contributed by atoms with Gasteiger partial charge in [-0.05, 0) is 24.1 Å². The van der Waals surface area contributed by atoms with Gasteiger partial charge in [0.2, 0.25) is 5.82 Å². The number of benzene rings is 1. The SMILES string of the molecule is Nc1ncc(C2=CCN(C(=O)O)CC2)nc1-c1noc(-c2ccccc2)n1. The van der Waals surface area contributed by atoms with Crippen LogP contribution in [0.5, 0.6) is 0 Å². The number of aromatic nitrogens is 4. The average molecular weight is 364 g/mol. The number of hydrogen-bond donors (Lipinski definition) is 2. The van der Waals surface area contributed by atoms with E-state index < -0.39 is 6.09 Å². The Morgan fingerprint density at radius 3 is 2.74 bits per heavy atom. The van der Waals surface area contributed by atoms with Crippen molar-refractivity contribution in [2.24, 2.45) is 0 Å². The van der Waals surface area contributed by atoms with Gasteiger partial charge in [0.25, 0.3) is 5.89 Å². The van der Waals surface area contributed by atoms with Gasteiger partial charge in [0.15, 0.2) is 11.5 Å². The van der Waals surface area contributed by atoms with E-state index in [1.54, 1.807) is 6.20 Å². The Morgan fingerprint density at radius 2 is 2.04 bits per heavy atom. The molecule has 0 aliphatic carbocycles. The lowest BCUT2D eigenvalue weighted by molar-refractivity contribution is 0.150. The predicted molar refractivity (Wildman–Crippen MR) is 97.4 cm³/mol. The number of nitrogen functional groups attached to an aromatic ring is 1. The van der Waals surface area contributed by atoms with Crippen LogP contribution in [0.2, 0.25) is 0 Å². The normalized spacial score (nSPS) is 14.1. The molecular weight excluding hydrogens is 348 g/mol. The molecule has 2 aromatic heterocycles. The van der Waals surface area contributed by atoms with Crippen LogP contribution < -0.4 is 5.73 Å². The van der Waals surface area contributed by atoms with Gasteiger partial charge in [0.1, 0.15) is 0 Å². The molecule has 0 unspecified atom stereocenters. The van der Waals surface area contributed by atoms with Gasteiger partial charge < -0.3 is 20.3 Å². The summed E-state index contributed by atoms with van der Waals surface area (Å²) in [5.41, 5.74) is 8.62. The molecule has 27 heavy (non-hydrogen) atoms. The highest BCUT2D eigenvalue weighted by Crippen LogP contribution is 2.27. The van der Waals surface area contributed by atoms with Crippen LogP contribution in [0.25, 0.3) is 28.5 Å². The summed E-state index contributed by atoms with van der Waals surface area (Å²) in [6.45, 7) is 0.718. The molecule has 9 nitrogen and oxygen atoms in total. The summed E-state index contributed by atoms with van der Waals surface area (Å²) in [6, 6.07) is 9.39. The van der Waals surface area contributed by atoms with Crippen molar-refractivity contribution in [3.8, 4) is 23.0 Å². The van der Waals surface area contributed by atoms with Crippen LogP contribution in [0.15, 0.2) is 47.1 Å². The Bertz CT molecular complexity index is 1010. The summed E-state index contributed by atoms with van der Waals surface area (Å²) in [6.07, 6.45) is 3.01. The molecule has 0 radical (unpaired) electrons. The molecule has 0 bridgehead atoms. The zero-order chi connectivity index (χ0) is 18.8. The van der Waals surface area contributed by atoms with Gasteiger partial charge in [0, 0.05) is 18.7 Å². The molecule has 0 saturated carbocycles. The van der Waals surface area contributed by atoms with Crippen molar-refractivity contribution in [1.29, 1.82) is 0 Å². The number of carbonyl (C=O) groups is 1. The molecule has 1 aliphatic heterocycles. The summed E-state index contributed by atoms with van der Waals surface area (Å²) in [5.74, 6) is 0.818. The Morgan fingerprint density at radius 1 is 1.22 bits per heavy atom. The lowest BCUT2D eigenvalue weighted by atomic mass is 10.1. The maximum absolute atomic E-state index is 11.0. The van der Waals surface area contributed by atoms with Gasteiger partial charge in [-0.15, -0.1) is 0 Å². The van der Waals surface area contributed by atoms with Crippen LogP contribution in [0.4, 0.5) is 10.6 Å². The van der Waals surface area contributed by atoms with Crippen molar-refractivity contribution in [2.75, 3.05) is 18.8 Å². The highest BCUT2D eigenvalue weighted by molar-refractivity contribution is 5.72. The number of nitrogens with two attached hydrogens (primary N) is 1.